The molecule has 0 saturated heterocycles. The molecule has 2 rings (SSSR count). The number of hydrogen-bond donors (Lipinski definition) is 1. The van der Waals surface area contributed by atoms with Crippen molar-refractivity contribution in [3.63, 3.8) is 0 Å². The van der Waals surface area contributed by atoms with Crippen molar-refractivity contribution in [3.05, 3.63) is 40.7 Å². The smallest absolute Gasteiger partial charge is 0.226 e. The third kappa shape index (κ3) is 4.28. The van der Waals surface area contributed by atoms with E-state index in [1.165, 1.54) is 16.9 Å². The monoisotopic (exact) mass is 332 g/mol. The lowest BCUT2D eigenvalue weighted by molar-refractivity contribution is -0.120. The van der Waals surface area contributed by atoms with E-state index in [1.54, 1.807) is 0 Å². The molecule has 1 amide bonds. The number of carbonyl (C=O) groups is 1. The Morgan fingerprint density at radius 1 is 1.48 bits per heavy atom. The maximum Gasteiger partial charge on any atom is 0.226 e. The van der Waals surface area contributed by atoms with Crippen LogP contribution in [0.25, 0.3) is 5.13 Å². The average Bonchev–Trinajstić information content (AvgIpc) is 3.07. The summed E-state index contributed by atoms with van der Waals surface area (Å²) < 4.78 is 1.86. The molecule has 0 aliphatic heterocycles. The number of nitrogens with one attached hydrogen (secondary N) is 1. The maximum atomic E-state index is 11.9. The maximum absolute atomic E-state index is 11.9. The number of hydrogen-bond acceptors (Lipinski definition) is 4. The third-order valence-electron chi connectivity index (χ3n) is 3.70. The molecule has 0 aromatic carbocycles. The minimum absolute atomic E-state index is 0.0241. The van der Waals surface area contributed by atoms with Crippen LogP contribution in [0.3, 0.4) is 0 Å². The quantitative estimate of drug-likeness (QED) is 0.597. The van der Waals surface area contributed by atoms with Crippen molar-refractivity contribution < 1.29 is 4.79 Å². The highest BCUT2D eigenvalue weighted by Gasteiger charge is 2.15. The summed E-state index contributed by atoms with van der Waals surface area (Å²) in [6.07, 6.45) is 5.09. The zero-order valence-corrected chi connectivity index (χ0v) is 14.9. The van der Waals surface area contributed by atoms with Gasteiger partial charge in [0.05, 0.1) is 17.8 Å². The predicted octanol–water partition coefficient (Wildman–Crippen LogP) is 3.13. The number of carbonyl (C=O) groups excluding carboxylic acids is 1. The van der Waals surface area contributed by atoms with Gasteiger partial charge >= 0.3 is 0 Å². The third-order valence-corrected chi connectivity index (χ3v) is 4.57. The molecule has 23 heavy (non-hydrogen) atoms. The van der Waals surface area contributed by atoms with Crippen molar-refractivity contribution in [1.29, 1.82) is 0 Å². The lowest BCUT2D eigenvalue weighted by Crippen LogP contribution is -2.26. The molecule has 1 N–H and O–H groups in total. The van der Waals surface area contributed by atoms with Crippen LogP contribution < -0.4 is 5.32 Å². The molecule has 0 unspecified atom stereocenters. The zero-order valence-electron chi connectivity index (χ0n) is 14.1. The van der Waals surface area contributed by atoms with Gasteiger partial charge < -0.3 is 5.32 Å². The van der Waals surface area contributed by atoms with Crippen molar-refractivity contribution in [1.82, 2.24) is 20.1 Å². The number of thiazole rings is 1. The van der Waals surface area contributed by atoms with Crippen molar-refractivity contribution >= 4 is 17.2 Å². The van der Waals surface area contributed by atoms with E-state index >= 15 is 0 Å². The summed E-state index contributed by atoms with van der Waals surface area (Å²) in [5.74, 6) is 0.0241. The standard InChI is InChI=1S/C17H24N4OS/c1-5-7-9-18-16(22)10-14-11-23-17(19-14)21-13(4)15(8-6-2)12(3)20-21/h6,11H,2,5,7-10H2,1,3-4H3,(H,18,22). The summed E-state index contributed by atoms with van der Waals surface area (Å²) in [6, 6.07) is 0. The van der Waals surface area contributed by atoms with E-state index in [0.717, 1.165) is 48.0 Å². The number of amides is 1. The van der Waals surface area contributed by atoms with E-state index in [9.17, 15) is 4.79 Å². The molecule has 0 aliphatic rings. The van der Waals surface area contributed by atoms with Gasteiger partial charge in [-0.3, -0.25) is 4.79 Å². The largest absolute Gasteiger partial charge is 0.356 e. The number of nitrogens with zero attached hydrogens (tertiary/aromatic N) is 3. The van der Waals surface area contributed by atoms with Crippen LogP contribution in [-0.2, 0) is 17.6 Å². The van der Waals surface area contributed by atoms with Crippen molar-refractivity contribution in [2.45, 2.75) is 46.5 Å². The Bertz CT molecular complexity index is 687. The second-order valence-corrected chi connectivity index (χ2v) is 6.39. The minimum Gasteiger partial charge on any atom is -0.356 e. The van der Waals surface area contributed by atoms with Gasteiger partial charge in [0.2, 0.25) is 11.0 Å². The Labute approximate surface area is 141 Å². The molecule has 2 aromatic heterocycles. The lowest BCUT2D eigenvalue weighted by Gasteiger charge is -2.02. The first-order valence-electron chi connectivity index (χ1n) is 7.94. The van der Waals surface area contributed by atoms with Crippen molar-refractivity contribution in [2.75, 3.05) is 6.54 Å². The molecular formula is C17H24N4OS. The molecule has 0 radical (unpaired) electrons. The highest BCUT2D eigenvalue weighted by molar-refractivity contribution is 7.12. The minimum atomic E-state index is 0.0241. The normalized spacial score (nSPS) is 10.7. The number of aromatic nitrogens is 3. The van der Waals surface area contributed by atoms with E-state index in [2.05, 4.69) is 28.9 Å². The number of allylic oxidation sites excluding steroid dienone is 1. The molecule has 0 atom stereocenters. The summed E-state index contributed by atoms with van der Waals surface area (Å²) >= 11 is 1.51. The van der Waals surface area contributed by atoms with Gasteiger partial charge in [0.15, 0.2) is 0 Å². The number of unbranched alkanes of at least 4 members (excludes halogenated alkanes) is 1. The lowest BCUT2D eigenvalue weighted by atomic mass is 10.1. The van der Waals surface area contributed by atoms with E-state index in [0.29, 0.717) is 6.42 Å². The number of aryl methyl sites for hydroxylation is 1. The van der Waals surface area contributed by atoms with Crippen LogP contribution in [0.15, 0.2) is 18.0 Å². The first-order valence-corrected chi connectivity index (χ1v) is 8.82. The fourth-order valence-electron chi connectivity index (χ4n) is 2.41. The van der Waals surface area contributed by atoms with Gasteiger partial charge in [-0.15, -0.1) is 17.9 Å². The first kappa shape index (κ1) is 17.4. The molecule has 2 aromatic rings. The second kappa shape index (κ2) is 8.06. The fourth-order valence-corrected chi connectivity index (χ4v) is 3.23. The Kier molecular flexibility index (Phi) is 6.10. The summed E-state index contributed by atoms with van der Waals surface area (Å²) in [5.41, 5.74) is 4.05. The molecule has 124 valence electrons. The molecule has 0 saturated carbocycles. The molecule has 5 nitrogen and oxygen atoms in total. The van der Waals surface area contributed by atoms with Gasteiger partial charge in [-0.25, -0.2) is 9.67 Å². The van der Waals surface area contributed by atoms with E-state index in [-0.39, 0.29) is 5.91 Å². The summed E-state index contributed by atoms with van der Waals surface area (Å²) in [6.45, 7) is 10.7. The van der Waals surface area contributed by atoms with E-state index < -0.39 is 0 Å². The molecular weight excluding hydrogens is 308 g/mol. The molecule has 0 aliphatic carbocycles. The Morgan fingerprint density at radius 3 is 2.96 bits per heavy atom. The van der Waals surface area contributed by atoms with E-state index in [4.69, 9.17) is 0 Å². The molecule has 0 bridgehead atoms. The predicted molar refractivity (Wildman–Crippen MR) is 94.2 cm³/mol. The van der Waals surface area contributed by atoms with Crippen LogP contribution in [0.2, 0.25) is 0 Å². The van der Waals surface area contributed by atoms with Gasteiger partial charge in [0, 0.05) is 23.2 Å². The highest BCUT2D eigenvalue weighted by Crippen LogP contribution is 2.21. The van der Waals surface area contributed by atoms with Crippen molar-refractivity contribution in [3.8, 4) is 5.13 Å². The fraction of sp³-hybridized carbons (Fsp3) is 0.471. The van der Waals surface area contributed by atoms with Crippen LogP contribution in [0.5, 0.6) is 0 Å². The van der Waals surface area contributed by atoms with Crippen molar-refractivity contribution in [2.24, 2.45) is 0 Å². The summed E-state index contributed by atoms with van der Waals surface area (Å²) in [7, 11) is 0. The zero-order chi connectivity index (χ0) is 16.8. The van der Waals surface area contributed by atoms with Gasteiger partial charge in [0.25, 0.3) is 0 Å². The summed E-state index contributed by atoms with van der Waals surface area (Å²) in [5, 5.41) is 10.2. The molecule has 0 spiro atoms. The van der Waals surface area contributed by atoms with Gasteiger partial charge in [0.1, 0.15) is 0 Å². The summed E-state index contributed by atoms with van der Waals surface area (Å²) in [4.78, 5) is 16.4. The molecule has 0 fully saturated rings. The van der Waals surface area contributed by atoms with Crippen LogP contribution in [0.1, 0.15) is 42.4 Å². The highest BCUT2D eigenvalue weighted by atomic mass is 32.1. The Morgan fingerprint density at radius 2 is 2.26 bits per heavy atom. The molecule has 2 heterocycles. The van der Waals surface area contributed by atoms with Crippen LogP contribution in [-0.4, -0.2) is 27.2 Å². The molecule has 6 heteroatoms. The van der Waals surface area contributed by atoms with Gasteiger partial charge in [-0.1, -0.05) is 19.4 Å². The number of rotatable bonds is 8. The SMILES string of the molecule is C=CCc1c(C)nn(-c2nc(CC(=O)NCCCC)cs2)c1C. The van der Waals surface area contributed by atoms with E-state index in [1.807, 2.05) is 30.0 Å². The topological polar surface area (TPSA) is 59.8 Å². The Hall–Kier alpha value is -1.95. The first-order chi connectivity index (χ1) is 11.1. The van der Waals surface area contributed by atoms with Crippen LogP contribution in [0, 0.1) is 13.8 Å². The average molecular weight is 332 g/mol. The van der Waals surface area contributed by atoms with Crippen LogP contribution >= 0.6 is 11.3 Å². The van der Waals surface area contributed by atoms with Crippen LogP contribution in [0.4, 0.5) is 0 Å². The Balaban J connectivity index is 2.09. The second-order valence-electron chi connectivity index (χ2n) is 5.56. The van der Waals surface area contributed by atoms with Gasteiger partial charge in [-0.05, 0) is 26.7 Å². The van der Waals surface area contributed by atoms with Gasteiger partial charge in [-0.2, -0.15) is 5.10 Å².